The normalized spacial score (nSPS) is 11.4. The molecule has 0 atom stereocenters. The van der Waals surface area contributed by atoms with Crippen molar-refractivity contribution in [2.75, 3.05) is 25.1 Å². The van der Waals surface area contributed by atoms with Crippen molar-refractivity contribution in [2.24, 2.45) is 0 Å². The zero-order valence-corrected chi connectivity index (χ0v) is 18.0. The summed E-state index contributed by atoms with van der Waals surface area (Å²) in [7, 11) is 1.73. The summed E-state index contributed by atoms with van der Waals surface area (Å²) >= 11 is 1.65. The first-order chi connectivity index (χ1) is 13.7. The fourth-order valence-corrected chi connectivity index (χ4v) is 3.78. The first-order valence-corrected chi connectivity index (χ1v) is 10.9. The van der Waals surface area contributed by atoms with Gasteiger partial charge in [-0.2, -0.15) is 0 Å². The fourth-order valence-electron chi connectivity index (χ4n) is 2.96. The second-order valence-electron chi connectivity index (χ2n) is 6.69. The molecule has 0 aliphatic carbocycles. The number of hydrogen-bond acceptors (Lipinski definition) is 4. The first kappa shape index (κ1) is 22.0. The summed E-state index contributed by atoms with van der Waals surface area (Å²) in [6, 6.07) is 10.6. The summed E-state index contributed by atoms with van der Waals surface area (Å²) in [5.41, 5.74) is 2.30. The van der Waals surface area contributed by atoms with Crippen LogP contribution in [0, 0.1) is 0 Å². The van der Waals surface area contributed by atoms with Gasteiger partial charge in [0, 0.05) is 40.2 Å². The van der Waals surface area contributed by atoms with Crippen molar-refractivity contribution in [1.29, 1.82) is 0 Å². The molecule has 0 aliphatic heterocycles. The Bertz CT molecular complexity index is 784. The Morgan fingerprint density at radius 2 is 1.64 bits per heavy atom. The van der Waals surface area contributed by atoms with Gasteiger partial charge in [-0.05, 0) is 61.4 Å². The van der Waals surface area contributed by atoms with Crippen LogP contribution < -0.4 is 9.64 Å². The molecule has 0 aliphatic rings. The van der Waals surface area contributed by atoms with E-state index in [4.69, 9.17) is 4.74 Å². The quantitative estimate of drug-likeness (QED) is 0.300. The number of methoxy groups -OCH3 is 1. The lowest BCUT2D eigenvalue weighted by atomic mass is 10.1. The summed E-state index contributed by atoms with van der Waals surface area (Å²) in [6.07, 6.45) is 13.1. The number of nitrogens with zero attached hydrogens (tertiary/aromatic N) is 1. The van der Waals surface area contributed by atoms with Crippen LogP contribution in [0.15, 0.2) is 36.4 Å². The number of carbonyl (C=O) groups excluding carboxylic acids is 1. The number of allylic oxidation sites excluding steroid dienone is 1. The summed E-state index contributed by atoms with van der Waals surface area (Å²) in [5.74, 6) is 0.893. The maximum atomic E-state index is 10.4. The molecule has 0 spiro atoms. The standard InChI is InChI=1S/C24H31NO2S/c1-4-6-16-25(17-7-5-2)21-12-10-20(24(19-21)27-3)11-13-23-15-14-22(28-23)9-8-18-26/h8-15,18-19H,4-7,16-17H2,1-3H3. The van der Waals surface area contributed by atoms with Gasteiger partial charge in [-0.15, -0.1) is 11.3 Å². The van der Waals surface area contributed by atoms with Gasteiger partial charge in [0.2, 0.25) is 0 Å². The van der Waals surface area contributed by atoms with Crippen molar-refractivity contribution in [2.45, 2.75) is 39.5 Å². The third kappa shape index (κ3) is 6.68. The number of benzene rings is 1. The number of carbonyl (C=O) groups is 1. The minimum absolute atomic E-state index is 0.798. The molecular weight excluding hydrogens is 366 g/mol. The van der Waals surface area contributed by atoms with Gasteiger partial charge in [0.25, 0.3) is 0 Å². The highest BCUT2D eigenvalue weighted by atomic mass is 32.1. The van der Waals surface area contributed by atoms with E-state index in [2.05, 4.69) is 55.2 Å². The highest BCUT2D eigenvalue weighted by Gasteiger charge is 2.09. The third-order valence-corrected chi connectivity index (χ3v) is 5.57. The topological polar surface area (TPSA) is 29.5 Å². The number of thiophene rings is 1. The summed E-state index contributed by atoms with van der Waals surface area (Å²) in [4.78, 5) is 15.1. The minimum Gasteiger partial charge on any atom is -0.496 e. The van der Waals surface area contributed by atoms with Crippen LogP contribution in [0.1, 0.15) is 54.8 Å². The average molecular weight is 398 g/mol. The number of unbranched alkanes of at least 4 members (excludes halogenated alkanes) is 2. The molecule has 3 nitrogen and oxygen atoms in total. The highest BCUT2D eigenvalue weighted by molar-refractivity contribution is 7.13. The molecule has 28 heavy (non-hydrogen) atoms. The van der Waals surface area contributed by atoms with Crippen molar-refractivity contribution in [3.05, 3.63) is 51.7 Å². The Balaban J connectivity index is 2.17. The first-order valence-electron chi connectivity index (χ1n) is 10.0. The Labute approximate surface area is 173 Å². The number of aldehydes is 1. The van der Waals surface area contributed by atoms with Crippen LogP contribution in [0.2, 0.25) is 0 Å². The van der Waals surface area contributed by atoms with Gasteiger partial charge in [0.15, 0.2) is 0 Å². The molecular formula is C24H31NO2S. The molecule has 0 radical (unpaired) electrons. The van der Waals surface area contributed by atoms with E-state index in [0.717, 1.165) is 40.4 Å². The summed E-state index contributed by atoms with van der Waals surface area (Å²) < 4.78 is 5.67. The molecule has 0 bridgehead atoms. The second-order valence-corrected chi connectivity index (χ2v) is 7.84. The molecule has 0 amide bonds. The van der Waals surface area contributed by atoms with E-state index < -0.39 is 0 Å². The molecule has 0 unspecified atom stereocenters. The van der Waals surface area contributed by atoms with Gasteiger partial charge in [-0.1, -0.05) is 26.7 Å². The van der Waals surface area contributed by atoms with E-state index in [-0.39, 0.29) is 0 Å². The summed E-state index contributed by atoms with van der Waals surface area (Å²) in [5, 5.41) is 0. The number of rotatable bonds is 12. The van der Waals surface area contributed by atoms with Gasteiger partial charge in [0.05, 0.1) is 7.11 Å². The van der Waals surface area contributed by atoms with Crippen molar-refractivity contribution >= 4 is 41.5 Å². The zero-order valence-electron chi connectivity index (χ0n) is 17.2. The lowest BCUT2D eigenvalue weighted by Crippen LogP contribution is -2.25. The van der Waals surface area contributed by atoms with E-state index in [1.165, 1.54) is 37.4 Å². The maximum Gasteiger partial charge on any atom is 0.142 e. The Morgan fingerprint density at radius 1 is 0.964 bits per heavy atom. The van der Waals surface area contributed by atoms with E-state index in [1.807, 2.05) is 12.1 Å². The monoisotopic (exact) mass is 397 g/mol. The van der Waals surface area contributed by atoms with Crippen molar-refractivity contribution in [3.8, 4) is 5.75 Å². The molecule has 4 heteroatoms. The predicted octanol–water partition coefficient (Wildman–Crippen LogP) is 6.55. The fraction of sp³-hybridized carbons (Fsp3) is 0.375. The Hall–Kier alpha value is -2.33. The smallest absolute Gasteiger partial charge is 0.142 e. The van der Waals surface area contributed by atoms with Gasteiger partial charge < -0.3 is 9.64 Å². The van der Waals surface area contributed by atoms with Crippen LogP contribution in [0.5, 0.6) is 5.75 Å². The Morgan fingerprint density at radius 3 is 2.25 bits per heavy atom. The molecule has 0 fully saturated rings. The van der Waals surface area contributed by atoms with Gasteiger partial charge in [0.1, 0.15) is 12.0 Å². The predicted molar refractivity (Wildman–Crippen MR) is 123 cm³/mol. The van der Waals surface area contributed by atoms with E-state index >= 15 is 0 Å². The number of anilines is 1. The molecule has 1 aromatic heterocycles. The molecule has 0 saturated heterocycles. The lowest BCUT2D eigenvalue weighted by molar-refractivity contribution is -0.104. The van der Waals surface area contributed by atoms with Crippen LogP contribution in [0.3, 0.4) is 0 Å². The summed E-state index contributed by atoms with van der Waals surface area (Å²) in [6.45, 7) is 6.64. The van der Waals surface area contributed by atoms with Crippen molar-refractivity contribution < 1.29 is 9.53 Å². The molecule has 2 rings (SSSR count). The highest BCUT2D eigenvalue weighted by Crippen LogP contribution is 2.29. The van der Waals surface area contributed by atoms with Crippen molar-refractivity contribution in [3.63, 3.8) is 0 Å². The van der Waals surface area contributed by atoms with E-state index in [1.54, 1.807) is 18.4 Å². The Kier molecular flexibility index (Phi) is 9.56. The molecule has 150 valence electrons. The molecule has 0 saturated carbocycles. The van der Waals surface area contributed by atoms with Crippen LogP contribution >= 0.6 is 11.3 Å². The van der Waals surface area contributed by atoms with E-state index in [9.17, 15) is 4.79 Å². The second kappa shape index (κ2) is 12.2. The SMILES string of the molecule is CCCCN(CCCC)c1ccc(C=Cc2ccc(C=CC=O)s2)c(OC)c1. The molecule has 1 aromatic carbocycles. The zero-order chi connectivity index (χ0) is 20.2. The third-order valence-electron chi connectivity index (χ3n) is 4.56. The van der Waals surface area contributed by atoms with E-state index in [0.29, 0.717) is 0 Å². The van der Waals surface area contributed by atoms with Crippen LogP contribution in [0.4, 0.5) is 5.69 Å². The van der Waals surface area contributed by atoms with Crippen molar-refractivity contribution in [1.82, 2.24) is 0 Å². The van der Waals surface area contributed by atoms with Crippen LogP contribution in [0.25, 0.3) is 18.2 Å². The number of hydrogen-bond donors (Lipinski definition) is 0. The van der Waals surface area contributed by atoms with Gasteiger partial charge in [-0.3, -0.25) is 4.79 Å². The van der Waals surface area contributed by atoms with Crippen LogP contribution in [-0.2, 0) is 4.79 Å². The largest absolute Gasteiger partial charge is 0.496 e. The molecule has 2 aromatic rings. The molecule has 1 heterocycles. The minimum atomic E-state index is 0.798. The maximum absolute atomic E-state index is 10.4. The van der Waals surface area contributed by atoms with Gasteiger partial charge >= 0.3 is 0 Å². The lowest BCUT2D eigenvalue weighted by Gasteiger charge is -2.25. The molecule has 0 N–H and O–H groups in total. The average Bonchev–Trinajstić information content (AvgIpc) is 3.18. The van der Waals surface area contributed by atoms with Crippen LogP contribution in [-0.4, -0.2) is 26.5 Å². The van der Waals surface area contributed by atoms with Gasteiger partial charge in [-0.25, -0.2) is 0 Å². The number of ether oxygens (including phenoxy) is 1.